The van der Waals surface area contributed by atoms with Crippen LogP contribution in [0.4, 0.5) is 0 Å². The second-order valence-electron chi connectivity index (χ2n) is 6.93. The van der Waals surface area contributed by atoms with Crippen LogP contribution in [0.1, 0.15) is 18.1 Å². The molecule has 0 saturated carbocycles. The fourth-order valence-corrected chi connectivity index (χ4v) is 3.47. The zero-order valence-corrected chi connectivity index (χ0v) is 17.9. The molecule has 5 nitrogen and oxygen atoms in total. The molecule has 144 valence electrons. The number of hydrogen-bond donors (Lipinski definition) is 1. The second kappa shape index (κ2) is 8.93. The zero-order chi connectivity index (χ0) is 17.9. The van der Waals surface area contributed by atoms with Crippen molar-refractivity contribution in [2.75, 3.05) is 26.3 Å². The molecular weight excluding hydrogens is 453 g/mol. The molecule has 0 amide bonds. The lowest BCUT2D eigenvalue weighted by atomic mass is 10.00. The van der Waals surface area contributed by atoms with E-state index in [-0.39, 0.29) is 30.1 Å². The first-order valence-corrected chi connectivity index (χ1v) is 9.20. The fourth-order valence-electron chi connectivity index (χ4n) is 3.47. The van der Waals surface area contributed by atoms with Crippen molar-refractivity contribution < 1.29 is 9.47 Å². The third kappa shape index (κ3) is 4.73. The summed E-state index contributed by atoms with van der Waals surface area (Å²) < 4.78 is 11.1. The third-order valence-corrected chi connectivity index (χ3v) is 4.94. The largest absolute Gasteiger partial charge is 0.490 e. The van der Waals surface area contributed by atoms with Crippen molar-refractivity contribution >= 4 is 29.9 Å². The van der Waals surface area contributed by atoms with E-state index in [9.17, 15) is 0 Å². The van der Waals surface area contributed by atoms with Crippen molar-refractivity contribution in [2.24, 2.45) is 10.7 Å². The molecule has 27 heavy (non-hydrogen) atoms. The summed E-state index contributed by atoms with van der Waals surface area (Å²) in [6.07, 6.45) is 1.26. The average molecular weight is 479 g/mol. The van der Waals surface area contributed by atoms with Gasteiger partial charge in [0.05, 0.1) is 19.8 Å². The van der Waals surface area contributed by atoms with Crippen LogP contribution in [0.3, 0.4) is 0 Å². The first kappa shape index (κ1) is 19.9. The van der Waals surface area contributed by atoms with E-state index in [0.717, 1.165) is 44.0 Å². The minimum atomic E-state index is 0. The van der Waals surface area contributed by atoms with E-state index in [1.165, 1.54) is 16.7 Å². The summed E-state index contributed by atoms with van der Waals surface area (Å²) in [4.78, 5) is 6.60. The number of nitrogens with two attached hydrogens (primary N) is 1. The number of ether oxygens (including phenoxy) is 2. The van der Waals surface area contributed by atoms with Gasteiger partial charge < -0.3 is 20.1 Å². The van der Waals surface area contributed by atoms with Crippen molar-refractivity contribution in [2.45, 2.75) is 26.0 Å². The van der Waals surface area contributed by atoms with Crippen LogP contribution in [-0.4, -0.2) is 43.3 Å². The Morgan fingerprint density at radius 1 is 1.11 bits per heavy atom. The summed E-state index contributed by atoms with van der Waals surface area (Å²) in [6.45, 7) is 5.77. The predicted molar refractivity (Wildman–Crippen MR) is 119 cm³/mol. The van der Waals surface area contributed by atoms with Gasteiger partial charge in [-0.3, -0.25) is 0 Å². The maximum atomic E-state index is 6.09. The molecule has 2 aromatic carbocycles. The molecule has 0 spiro atoms. The van der Waals surface area contributed by atoms with Crippen molar-refractivity contribution in [3.63, 3.8) is 0 Å². The van der Waals surface area contributed by atoms with Crippen LogP contribution in [0.25, 0.3) is 11.1 Å². The highest BCUT2D eigenvalue weighted by molar-refractivity contribution is 14.0. The van der Waals surface area contributed by atoms with Gasteiger partial charge in [-0.05, 0) is 41.3 Å². The van der Waals surface area contributed by atoms with E-state index in [4.69, 9.17) is 15.2 Å². The summed E-state index contributed by atoms with van der Waals surface area (Å²) in [6, 6.07) is 15.0. The van der Waals surface area contributed by atoms with Crippen molar-refractivity contribution in [1.29, 1.82) is 0 Å². The van der Waals surface area contributed by atoms with E-state index >= 15 is 0 Å². The van der Waals surface area contributed by atoms with Gasteiger partial charge in [-0.25, -0.2) is 4.99 Å². The minimum absolute atomic E-state index is 0. The maximum absolute atomic E-state index is 6.09. The molecule has 0 aromatic heterocycles. The maximum Gasteiger partial charge on any atom is 0.191 e. The van der Waals surface area contributed by atoms with Crippen LogP contribution in [0.5, 0.6) is 5.75 Å². The summed E-state index contributed by atoms with van der Waals surface area (Å²) in [7, 11) is 0. The lowest BCUT2D eigenvalue weighted by Gasteiger charge is -2.27. The number of fused-ring (bicyclic) bond motifs is 1. The second-order valence-corrected chi connectivity index (χ2v) is 6.93. The molecule has 4 rings (SSSR count). The Hall–Kier alpha value is -1.80. The molecule has 6 heteroatoms. The van der Waals surface area contributed by atoms with Gasteiger partial charge in [0.1, 0.15) is 11.9 Å². The average Bonchev–Trinajstić information content (AvgIpc) is 3.06. The molecule has 1 unspecified atom stereocenters. The third-order valence-electron chi connectivity index (χ3n) is 4.94. The molecule has 1 saturated heterocycles. The molecule has 2 N–H and O–H groups in total. The van der Waals surface area contributed by atoms with Gasteiger partial charge >= 0.3 is 0 Å². The Morgan fingerprint density at radius 2 is 1.81 bits per heavy atom. The highest BCUT2D eigenvalue weighted by atomic mass is 127. The van der Waals surface area contributed by atoms with Gasteiger partial charge in [-0.1, -0.05) is 30.3 Å². The number of nitrogens with zero attached hydrogens (tertiary/aromatic N) is 2. The summed E-state index contributed by atoms with van der Waals surface area (Å²) in [5.74, 6) is 1.62. The normalized spacial score (nSPS) is 19.2. The zero-order valence-electron chi connectivity index (χ0n) is 15.6. The van der Waals surface area contributed by atoms with Gasteiger partial charge in [-0.15, -0.1) is 24.0 Å². The highest BCUT2D eigenvalue weighted by Crippen LogP contribution is 2.32. The molecular formula is C21H26IN3O2. The number of aliphatic imine (C=N–C) groups is 1. The monoisotopic (exact) mass is 479 g/mol. The van der Waals surface area contributed by atoms with Gasteiger partial charge in [-0.2, -0.15) is 0 Å². The van der Waals surface area contributed by atoms with Gasteiger partial charge in [0, 0.05) is 19.5 Å². The van der Waals surface area contributed by atoms with Gasteiger partial charge in [0.25, 0.3) is 0 Å². The number of halogens is 1. The predicted octanol–water partition coefficient (Wildman–Crippen LogP) is 3.44. The van der Waals surface area contributed by atoms with Crippen molar-refractivity contribution in [3.8, 4) is 16.9 Å². The Morgan fingerprint density at radius 3 is 2.56 bits per heavy atom. The fraction of sp³-hybridized carbons (Fsp3) is 0.381. The Bertz CT molecular complexity index is 802. The standard InChI is InChI=1S/C21H25N3O2.HI/c1-15-12-19-13-18(6-7-20(19)26-15)17-4-2-16(3-5-17)14-23-21(22)24-8-10-25-11-9-24;/h2-7,13,15H,8-12,14H2,1H3,(H2,22,23);1H. The quantitative estimate of drug-likeness (QED) is 0.417. The molecule has 0 radical (unpaired) electrons. The first-order valence-electron chi connectivity index (χ1n) is 9.20. The Labute approximate surface area is 177 Å². The van der Waals surface area contributed by atoms with Crippen LogP contribution in [-0.2, 0) is 17.7 Å². The summed E-state index contributed by atoms with van der Waals surface area (Å²) in [5.41, 5.74) is 11.0. The number of guanidine groups is 1. The van der Waals surface area contributed by atoms with Gasteiger partial charge in [0.2, 0.25) is 0 Å². The molecule has 2 aliphatic heterocycles. The first-order chi connectivity index (χ1) is 12.7. The topological polar surface area (TPSA) is 60.1 Å². The number of rotatable bonds is 3. The van der Waals surface area contributed by atoms with Crippen LogP contribution in [0, 0.1) is 0 Å². The molecule has 0 bridgehead atoms. The molecule has 2 aromatic rings. The van der Waals surface area contributed by atoms with Crippen LogP contribution >= 0.6 is 24.0 Å². The number of benzene rings is 2. The lowest BCUT2D eigenvalue weighted by molar-refractivity contribution is 0.0674. The van der Waals surface area contributed by atoms with Crippen LogP contribution in [0.2, 0.25) is 0 Å². The highest BCUT2D eigenvalue weighted by Gasteiger charge is 2.19. The molecule has 2 aliphatic rings. The van der Waals surface area contributed by atoms with Crippen molar-refractivity contribution in [3.05, 3.63) is 53.6 Å². The summed E-state index contributed by atoms with van der Waals surface area (Å²) >= 11 is 0. The Balaban J connectivity index is 0.00000210. The van der Waals surface area contributed by atoms with E-state index in [1.807, 2.05) is 0 Å². The Kier molecular flexibility index (Phi) is 6.59. The van der Waals surface area contributed by atoms with Crippen LogP contribution < -0.4 is 10.5 Å². The molecule has 0 aliphatic carbocycles. The smallest absolute Gasteiger partial charge is 0.191 e. The lowest BCUT2D eigenvalue weighted by Crippen LogP contribution is -2.44. The molecule has 1 atom stereocenters. The van der Waals surface area contributed by atoms with E-state index in [2.05, 4.69) is 59.3 Å². The van der Waals surface area contributed by atoms with Crippen LogP contribution in [0.15, 0.2) is 47.5 Å². The number of morpholine rings is 1. The van der Waals surface area contributed by atoms with Gasteiger partial charge in [0.15, 0.2) is 5.96 Å². The number of hydrogen-bond acceptors (Lipinski definition) is 3. The van der Waals surface area contributed by atoms with E-state index in [1.54, 1.807) is 0 Å². The van der Waals surface area contributed by atoms with E-state index in [0.29, 0.717) is 12.5 Å². The minimum Gasteiger partial charge on any atom is -0.490 e. The van der Waals surface area contributed by atoms with Crippen molar-refractivity contribution in [1.82, 2.24) is 4.90 Å². The summed E-state index contributed by atoms with van der Waals surface area (Å²) in [5, 5.41) is 0. The molecule has 1 fully saturated rings. The van der Waals surface area contributed by atoms with E-state index < -0.39 is 0 Å². The SMILES string of the molecule is CC1Cc2cc(-c3ccc(CN=C(N)N4CCOCC4)cc3)ccc2O1.I. The molecule has 2 heterocycles.